The van der Waals surface area contributed by atoms with E-state index in [0.29, 0.717) is 52.8 Å². The van der Waals surface area contributed by atoms with Gasteiger partial charge in [-0.1, -0.05) is 67.1 Å². The van der Waals surface area contributed by atoms with Crippen molar-refractivity contribution in [2.24, 2.45) is 0 Å². The summed E-state index contributed by atoms with van der Waals surface area (Å²) in [5.41, 5.74) is 4.34. The number of ketones is 1. The number of ether oxygens (including phenoxy) is 3. The molecule has 0 amide bonds. The lowest BCUT2D eigenvalue weighted by molar-refractivity contribution is -0.140. The average Bonchev–Trinajstić information content (AvgIpc) is 2.98. The molecule has 0 unspecified atom stereocenters. The number of esters is 1. The Morgan fingerprint density at radius 3 is 2.39 bits per heavy atom. The molecule has 3 aromatic carbocycles. The topological polar surface area (TPSA) is 73.9 Å². The summed E-state index contributed by atoms with van der Waals surface area (Å²) in [7, 11) is 0. The lowest BCUT2D eigenvalue weighted by Gasteiger charge is -2.37. The number of carbonyl (C=O) groups excluding carboxylic acids is 2. The van der Waals surface area contributed by atoms with E-state index in [4.69, 9.17) is 25.8 Å². The van der Waals surface area contributed by atoms with Crippen LogP contribution in [0.5, 0.6) is 11.5 Å². The molecule has 6 nitrogen and oxygen atoms in total. The summed E-state index contributed by atoms with van der Waals surface area (Å²) in [4.78, 5) is 27.6. The van der Waals surface area contributed by atoms with Gasteiger partial charge in [0, 0.05) is 34.0 Å². The van der Waals surface area contributed by atoms with Crippen molar-refractivity contribution < 1.29 is 23.8 Å². The van der Waals surface area contributed by atoms with Gasteiger partial charge in [0.05, 0.1) is 18.1 Å². The van der Waals surface area contributed by atoms with E-state index in [9.17, 15) is 9.59 Å². The van der Waals surface area contributed by atoms with Crippen molar-refractivity contribution in [3.63, 3.8) is 0 Å². The minimum atomic E-state index is -0.611. The fraction of sp³-hybridized carbons (Fsp3) is 0.294. The molecule has 0 aromatic heterocycles. The molecule has 5 rings (SSSR count). The van der Waals surface area contributed by atoms with Gasteiger partial charge in [-0.3, -0.25) is 4.79 Å². The maximum Gasteiger partial charge on any atom is 0.336 e. The highest BCUT2D eigenvalue weighted by molar-refractivity contribution is 6.30. The van der Waals surface area contributed by atoms with Crippen LogP contribution in [0.25, 0.3) is 0 Å². The molecule has 2 aliphatic rings. The van der Waals surface area contributed by atoms with E-state index in [1.54, 1.807) is 0 Å². The van der Waals surface area contributed by atoms with Crippen LogP contribution in [0.2, 0.25) is 5.02 Å². The minimum Gasteiger partial charge on any atom is -0.493 e. The van der Waals surface area contributed by atoms with Crippen LogP contribution in [0.4, 0.5) is 0 Å². The number of rotatable bonds is 10. The maximum atomic E-state index is 13.9. The first-order valence-electron chi connectivity index (χ1n) is 14.0. The van der Waals surface area contributed by atoms with Gasteiger partial charge in [0.25, 0.3) is 0 Å². The number of nitrogens with one attached hydrogen (secondary N) is 1. The number of dihydropyridines is 1. The highest BCUT2D eigenvalue weighted by Gasteiger charge is 2.42. The molecule has 1 aliphatic heterocycles. The van der Waals surface area contributed by atoms with Crippen molar-refractivity contribution in [3.05, 3.63) is 118 Å². The lowest BCUT2D eigenvalue weighted by atomic mass is 9.71. The standard InChI is InChI=1S/C34H34ClNO5/c1-3-17-40-30-12-8-7-11-27(30)32-31(34(38)41-19-18-39-26-9-5-4-6-10-26)22(2)36-28-20-24(21-29(37)33(28)32)23-13-15-25(35)16-14-23/h4-16,24,32,36H,3,17-21H2,1-2H3/t24-,32+/m0/s1. The lowest BCUT2D eigenvalue weighted by Crippen LogP contribution is -2.36. The molecule has 1 aliphatic carbocycles. The molecule has 0 bridgehead atoms. The van der Waals surface area contributed by atoms with Gasteiger partial charge >= 0.3 is 5.97 Å². The second-order valence-corrected chi connectivity index (χ2v) is 10.7. The van der Waals surface area contributed by atoms with Crippen LogP contribution in [-0.4, -0.2) is 31.6 Å². The van der Waals surface area contributed by atoms with Crippen LogP contribution < -0.4 is 14.8 Å². The molecule has 0 radical (unpaired) electrons. The van der Waals surface area contributed by atoms with E-state index in [1.165, 1.54) is 0 Å². The number of hydrogen-bond donors (Lipinski definition) is 1. The first-order valence-corrected chi connectivity index (χ1v) is 14.4. The Morgan fingerprint density at radius 2 is 1.63 bits per heavy atom. The van der Waals surface area contributed by atoms with Crippen molar-refractivity contribution in [2.45, 2.75) is 44.9 Å². The largest absolute Gasteiger partial charge is 0.493 e. The van der Waals surface area contributed by atoms with Gasteiger partial charge in [0.1, 0.15) is 24.7 Å². The number of hydrogen-bond acceptors (Lipinski definition) is 6. The maximum absolute atomic E-state index is 13.9. The van der Waals surface area contributed by atoms with Crippen molar-refractivity contribution in [1.82, 2.24) is 5.32 Å². The summed E-state index contributed by atoms with van der Waals surface area (Å²) in [6.45, 7) is 4.72. The van der Waals surface area contributed by atoms with E-state index in [-0.39, 0.29) is 24.9 Å². The third-order valence-corrected chi connectivity index (χ3v) is 7.66. The van der Waals surface area contributed by atoms with E-state index in [0.717, 1.165) is 23.2 Å². The van der Waals surface area contributed by atoms with Crippen LogP contribution in [0, 0.1) is 0 Å². The van der Waals surface area contributed by atoms with Gasteiger partial charge in [0.2, 0.25) is 0 Å². The van der Waals surface area contributed by atoms with Gasteiger partial charge in [-0.2, -0.15) is 0 Å². The van der Waals surface area contributed by atoms with Gasteiger partial charge in [-0.15, -0.1) is 0 Å². The highest BCUT2D eigenvalue weighted by Crippen LogP contribution is 2.47. The quantitative estimate of drug-likeness (QED) is 0.206. The molecule has 2 atom stereocenters. The van der Waals surface area contributed by atoms with Crippen LogP contribution in [-0.2, 0) is 14.3 Å². The van der Waals surface area contributed by atoms with Gasteiger partial charge in [-0.05, 0) is 61.6 Å². The van der Waals surface area contributed by atoms with Crippen LogP contribution in [0.15, 0.2) is 101 Å². The predicted octanol–water partition coefficient (Wildman–Crippen LogP) is 7.11. The molecule has 0 saturated heterocycles. The summed E-state index contributed by atoms with van der Waals surface area (Å²) >= 11 is 6.11. The Hall–Kier alpha value is -4.03. The zero-order chi connectivity index (χ0) is 28.8. The summed E-state index contributed by atoms with van der Waals surface area (Å²) in [6, 6.07) is 24.7. The van der Waals surface area contributed by atoms with E-state index in [1.807, 2.05) is 92.7 Å². The third-order valence-electron chi connectivity index (χ3n) is 7.41. The third kappa shape index (κ3) is 6.49. The molecule has 41 heavy (non-hydrogen) atoms. The molecule has 1 heterocycles. The van der Waals surface area contributed by atoms with Crippen molar-refractivity contribution in [1.29, 1.82) is 0 Å². The van der Waals surface area contributed by atoms with Crippen molar-refractivity contribution in [2.75, 3.05) is 19.8 Å². The number of para-hydroxylation sites is 2. The zero-order valence-corrected chi connectivity index (χ0v) is 24.1. The molecular weight excluding hydrogens is 538 g/mol. The Labute approximate surface area is 246 Å². The van der Waals surface area contributed by atoms with Crippen LogP contribution >= 0.6 is 11.6 Å². The molecule has 212 valence electrons. The monoisotopic (exact) mass is 571 g/mol. The van der Waals surface area contributed by atoms with E-state index < -0.39 is 11.9 Å². The number of Topliss-reactive ketones (excluding diaryl/α,β-unsaturated/α-hetero) is 1. The SMILES string of the molecule is CCCOc1ccccc1[C@@H]1C(C(=O)OCCOc2ccccc2)=C(C)NC2=C1C(=O)C[C@@H](c1ccc(Cl)cc1)C2. The molecule has 1 N–H and O–H groups in total. The van der Waals surface area contributed by atoms with Gasteiger partial charge in [-0.25, -0.2) is 4.79 Å². The molecular formula is C34H34ClNO5. The van der Waals surface area contributed by atoms with Gasteiger partial charge in [0.15, 0.2) is 5.78 Å². The number of benzene rings is 3. The molecule has 0 fully saturated rings. The predicted molar refractivity (Wildman–Crippen MR) is 159 cm³/mol. The molecule has 0 spiro atoms. The number of allylic oxidation sites excluding steroid dienone is 3. The summed E-state index contributed by atoms with van der Waals surface area (Å²) in [6.07, 6.45) is 1.81. The first kappa shape index (κ1) is 28.5. The summed E-state index contributed by atoms with van der Waals surface area (Å²) < 4.78 is 17.5. The molecule has 0 saturated carbocycles. The number of halogens is 1. The van der Waals surface area contributed by atoms with Gasteiger partial charge < -0.3 is 19.5 Å². The van der Waals surface area contributed by atoms with E-state index >= 15 is 0 Å². The van der Waals surface area contributed by atoms with Crippen molar-refractivity contribution in [3.8, 4) is 11.5 Å². The number of carbonyl (C=O) groups is 2. The molecule has 3 aromatic rings. The smallest absolute Gasteiger partial charge is 0.336 e. The summed E-state index contributed by atoms with van der Waals surface area (Å²) in [5.74, 6) is 0.276. The average molecular weight is 572 g/mol. The zero-order valence-electron chi connectivity index (χ0n) is 23.3. The molecule has 7 heteroatoms. The van der Waals surface area contributed by atoms with E-state index in [2.05, 4.69) is 5.32 Å². The highest BCUT2D eigenvalue weighted by atomic mass is 35.5. The minimum absolute atomic E-state index is 0.000736. The fourth-order valence-corrected chi connectivity index (χ4v) is 5.67. The first-order chi connectivity index (χ1) is 20.0. The normalized spacial score (nSPS) is 18.5. The Morgan fingerprint density at radius 1 is 0.902 bits per heavy atom. The van der Waals surface area contributed by atoms with Crippen molar-refractivity contribution >= 4 is 23.4 Å². The second kappa shape index (κ2) is 13.1. The second-order valence-electron chi connectivity index (χ2n) is 10.3. The Balaban J connectivity index is 1.46. The Kier molecular flexibility index (Phi) is 9.10. The van der Waals surface area contributed by atoms with Crippen LogP contribution in [0.1, 0.15) is 56.1 Å². The Bertz CT molecular complexity index is 1460. The summed E-state index contributed by atoms with van der Waals surface area (Å²) in [5, 5.41) is 4.07. The van der Waals surface area contributed by atoms with Crippen LogP contribution in [0.3, 0.4) is 0 Å². The fourth-order valence-electron chi connectivity index (χ4n) is 5.54.